The first kappa shape index (κ1) is 34.1. The van der Waals surface area contributed by atoms with Crippen molar-refractivity contribution in [3.63, 3.8) is 0 Å². The maximum atomic E-state index is 14.8. The van der Waals surface area contributed by atoms with E-state index < -0.39 is 34.8 Å². The Bertz CT molecular complexity index is 1650. The molecular weight excluding hydrogens is 601 g/mol. The van der Waals surface area contributed by atoms with Crippen molar-refractivity contribution in [2.45, 2.75) is 39.0 Å². The molecule has 0 bridgehead atoms. The quantitative estimate of drug-likeness (QED) is 0.0575. The largest absolute Gasteiger partial charge is 0.493 e. The number of rotatable bonds is 16. The van der Waals surface area contributed by atoms with E-state index in [4.69, 9.17) is 19.9 Å². The number of nitrogens with two attached hydrogens (primary N) is 1. The van der Waals surface area contributed by atoms with Gasteiger partial charge in [-0.2, -0.15) is 4.39 Å². The summed E-state index contributed by atoms with van der Waals surface area (Å²) in [6.45, 7) is 6.67. The number of halogens is 5. The van der Waals surface area contributed by atoms with Gasteiger partial charge >= 0.3 is 0 Å². The highest BCUT2D eigenvalue weighted by Crippen LogP contribution is 2.32. The number of anilines is 1. The molecule has 9 heteroatoms. The average Bonchev–Trinajstić information content (AvgIpc) is 3.04. The van der Waals surface area contributed by atoms with Crippen molar-refractivity contribution in [3.05, 3.63) is 120 Å². The second-order valence-electron chi connectivity index (χ2n) is 10.5. The second kappa shape index (κ2) is 16.5. The first-order chi connectivity index (χ1) is 22.2. The zero-order chi connectivity index (χ0) is 33.1. The number of unbranched alkanes of at least 4 members (excludes halogenated alkanes) is 1. The molecule has 0 fully saturated rings. The van der Waals surface area contributed by atoms with E-state index in [1.165, 1.54) is 24.3 Å². The van der Waals surface area contributed by atoms with Crippen molar-refractivity contribution in [1.29, 1.82) is 0 Å². The molecule has 242 valence electrons. The maximum Gasteiger partial charge on any atom is 0.201 e. The number of nitrogen functional groups attached to an aromatic ring is 1. The lowest BCUT2D eigenvalue weighted by Gasteiger charge is -2.13. The van der Waals surface area contributed by atoms with Crippen LogP contribution in [0.5, 0.6) is 17.2 Å². The van der Waals surface area contributed by atoms with Crippen LogP contribution >= 0.6 is 0 Å². The van der Waals surface area contributed by atoms with Gasteiger partial charge in [-0.15, -0.1) is 6.58 Å². The number of hydrogen-bond acceptors (Lipinski definition) is 4. The topological polar surface area (TPSA) is 53.7 Å². The van der Waals surface area contributed by atoms with Gasteiger partial charge in [0.2, 0.25) is 5.82 Å². The van der Waals surface area contributed by atoms with Crippen LogP contribution in [0.15, 0.2) is 91.0 Å². The third kappa shape index (κ3) is 8.90. The standard InChI is InChI=1S/C37H36F5NO3/c1-3-5-7-24(17-20-45-28-12-13-29(31(38)23-28)26-21-32(39)37(43)33(40)22-26)16-19-44-27-10-8-25(9-11-27)30-14-15-34(36(42)35(30)41)46-18-6-4-2/h3,7-15,21-23H,1,4-6,16-20,43H2,2H3/b24-7+. The fourth-order valence-corrected chi connectivity index (χ4v) is 4.66. The van der Waals surface area contributed by atoms with Gasteiger partial charge < -0.3 is 19.9 Å². The Morgan fingerprint density at radius 2 is 1.33 bits per heavy atom. The van der Waals surface area contributed by atoms with Gasteiger partial charge in [0.25, 0.3) is 0 Å². The van der Waals surface area contributed by atoms with Crippen molar-refractivity contribution in [2.75, 3.05) is 25.6 Å². The predicted molar refractivity (Wildman–Crippen MR) is 171 cm³/mol. The molecule has 0 aliphatic carbocycles. The van der Waals surface area contributed by atoms with Crippen molar-refractivity contribution in [1.82, 2.24) is 0 Å². The summed E-state index contributed by atoms with van der Waals surface area (Å²) < 4.78 is 88.7. The molecule has 0 atom stereocenters. The van der Waals surface area contributed by atoms with Gasteiger partial charge in [-0.05, 0) is 72.5 Å². The minimum Gasteiger partial charge on any atom is -0.493 e. The third-order valence-corrected chi connectivity index (χ3v) is 7.26. The Morgan fingerprint density at radius 1 is 0.696 bits per heavy atom. The Labute approximate surface area is 265 Å². The van der Waals surface area contributed by atoms with Crippen molar-refractivity contribution in [3.8, 4) is 39.5 Å². The molecule has 0 amide bonds. The SMILES string of the molecule is C=CC/C=C(\CCOc1ccc(-c2ccc(OCCCC)c(F)c2F)cc1)CCOc1ccc(-c2cc(F)c(N)c(F)c2)c(F)c1. The van der Waals surface area contributed by atoms with E-state index in [1.54, 1.807) is 30.3 Å². The summed E-state index contributed by atoms with van der Waals surface area (Å²) in [5, 5.41) is 0. The van der Waals surface area contributed by atoms with E-state index in [2.05, 4.69) is 6.58 Å². The second-order valence-corrected chi connectivity index (χ2v) is 10.5. The number of ether oxygens (including phenoxy) is 3. The van der Waals surface area contributed by atoms with Crippen LogP contribution in [-0.4, -0.2) is 19.8 Å². The van der Waals surface area contributed by atoms with Crippen molar-refractivity contribution in [2.24, 2.45) is 0 Å². The molecule has 0 unspecified atom stereocenters. The normalized spacial score (nSPS) is 11.4. The highest BCUT2D eigenvalue weighted by atomic mass is 19.2. The van der Waals surface area contributed by atoms with Gasteiger partial charge in [0.05, 0.1) is 19.8 Å². The Balaban J connectivity index is 1.30. The van der Waals surface area contributed by atoms with Crippen LogP contribution in [0.2, 0.25) is 0 Å². The van der Waals surface area contributed by atoms with Crippen LogP contribution in [0, 0.1) is 29.1 Å². The molecule has 0 radical (unpaired) electrons. The monoisotopic (exact) mass is 637 g/mol. The third-order valence-electron chi connectivity index (χ3n) is 7.26. The molecule has 4 aromatic carbocycles. The number of benzene rings is 4. The van der Waals surface area contributed by atoms with Gasteiger partial charge in [0.15, 0.2) is 11.6 Å². The Morgan fingerprint density at radius 3 is 1.96 bits per heavy atom. The number of allylic oxidation sites excluding steroid dienone is 2. The van der Waals surface area contributed by atoms with E-state index in [-0.39, 0.29) is 34.8 Å². The average molecular weight is 638 g/mol. The fourth-order valence-electron chi connectivity index (χ4n) is 4.66. The zero-order valence-corrected chi connectivity index (χ0v) is 25.6. The minimum absolute atomic E-state index is 0.0181. The molecular formula is C37H36F5NO3. The summed E-state index contributed by atoms with van der Waals surface area (Å²) in [5.74, 6) is -3.85. The summed E-state index contributed by atoms with van der Waals surface area (Å²) in [6.07, 6.45) is 7.19. The van der Waals surface area contributed by atoms with Gasteiger partial charge in [0.1, 0.15) is 34.6 Å². The molecule has 4 nitrogen and oxygen atoms in total. The molecule has 0 aliphatic rings. The van der Waals surface area contributed by atoms with E-state index in [0.29, 0.717) is 43.8 Å². The maximum absolute atomic E-state index is 14.8. The van der Waals surface area contributed by atoms with E-state index in [0.717, 1.165) is 36.6 Å². The first-order valence-corrected chi connectivity index (χ1v) is 15.0. The molecule has 0 aliphatic heterocycles. The van der Waals surface area contributed by atoms with Crippen LogP contribution < -0.4 is 19.9 Å². The lowest BCUT2D eigenvalue weighted by Crippen LogP contribution is -2.04. The molecule has 0 saturated carbocycles. The minimum atomic E-state index is -1.01. The lowest BCUT2D eigenvalue weighted by molar-refractivity contribution is 0.289. The number of hydrogen-bond donors (Lipinski definition) is 1. The molecule has 0 aromatic heterocycles. The smallest absolute Gasteiger partial charge is 0.201 e. The molecule has 2 N–H and O–H groups in total. The molecule has 46 heavy (non-hydrogen) atoms. The Kier molecular flexibility index (Phi) is 12.2. The van der Waals surface area contributed by atoms with Gasteiger partial charge in [-0.1, -0.05) is 43.2 Å². The Hall–Kier alpha value is -4.79. The first-order valence-electron chi connectivity index (χ1n) is 15.0. The molecule has 0 heterocycles. The lowest BCUT2D eigenvalue weighted by atomic mass is 10.0. The summed E-state index contributed by atoms with van der Waals surface area (Å²) in [6, 6.07) is 15.7. The van der Waals surface area contributed by atoms with Crippen molar-refractivity contribution >= 4 is 5.69 Å². The van der Waals surface area contributed by atoms with E-state index in [9.17, 15) is 22.0 Å². The summed E-state index contributed by atoms with van der Waals surface area (Å²) in [4.78, 5) is 0. The summed E-state index contributed by atoms with van der Waals surface area (Å²) in [5.41, 5.74) is 6.41. The summed E-state index contributed by atoms with van der Waals surface area (Å²) in [7, 11) is 0. The zero-order valence-electron chi connectivity index (χ0n) is 25.6. The van der Waals surface area contributed by atoms with E-state index in [1.807, 2.05) is 13.0 Å². The van der Waals surface area contributed by atoms with Crippen LogP contribution in [0.3, 0.4) is 0 Å². The van der Waals surface area contributed by atoms with Crippen LogP contribution in [-0.2, 0) is 0 Å². The fraction of sp³-hybridized carbons (Fsp3) is 0.243. The predicted octanol–water partition coefficient (Wildman–Crippen LogP) is 10.2. The van der Waals surface area contributed by atoms with Gasteiger partial charge in [-0.3, -0.25) is 0 Å². The summed E-state index contributed by atoms with van der Waals surface area (Å²) >= 11 is 0. The van der Waals surface area contributed by atoms with Crippen LogP contribution in [0.25, 0.3) is 22.3 Å². The van der Waals surface area contributed by atoms with Gasteiger partial charge in [-0.25, -0.2) is 17.6 Å². The van der Waals surface area contributed by atoms with Crippen LogP contribution in [0.4, 0.5) is 27.6 Å². The van der Waals surface area contributed by atoms with Crippen molar-refractivity contribution < 1.29 is 36.2 Å². The highest BCUT2D eigenvalue weighted by Gasteiger charge is 2.16. The molecule has 0 saturated heterocycles. The van der Waals surface area contributed by atoms with Crippen LogP contribution in [0.1, 0.15) is 39.0 Å². The van der Waals surface area contributed by atoms with Gasteiger partial charge in [0, 0.05) is 30.0 Å². The van der Waals surface area contributed by atoms with E-state index >= 15 is 0 Å². The molecule has 0 spiro atoms. The highest BCUT2D eigenvalue weighted by molar-refractivity contribution is 5.68. The molecule has 4 rings (SSSR count). The molecule has 4 aromatic rings.